The van der Waals surface area contributed by atoms with Crippen LogP contribution >= 0.6 is 0 Å². The molecule has 0 bridgehead atoms. The van der Waals surface area contributed by atoms with E-state index < -0.39 is 16.6 Å². The van der Waals surface area contributed by atoms with Crippen molar-refractivity contribution >= 4 is 10.0 Å². The van der Waals surface area contributed by atoms with Gasteiger partial charge in [-0.05, 0) is 24.6 Å². The molecule has 0 saturated carbocycles. The van der Waals surface area contributed by atoms with Crippen LogP contribution in [0, 0.1) is 18.3 Å². The number of nitriles is 1. The van der Waals surface area contributed by atoms with E-state index in [2.05, 4.69) is 4.74 Å². The number of hydrogen-bond donors (Lipinski definition) is 1. The Morgan fingerprint density at radius 1 is 1.47 bits per heavy atom. The molecule has 1 aromatic rings. The van der Waals surface area contributed by atoms with Crippen molar-refractivity contribution in [3.8, 4) is 11.8 Å². The molecule has 0 radical (unpaired) electrons. The summed E-state index contributed by atoms with van der Waals surface area (Å²) < 4.78 is 50.4. The van der Waals surface area contributed by atoms with Gasteiger partial charge in [0.2, 0.25) is 10.0 Å². The summed E-state index contributed by atoms with van der Waals surface area (Å²) in [6.07, 6.45) is 0. The van der Waals surface area contributed by atoms with Gasteiger partial charge >= 0.3 is 6.61 Å². The molecule has 0 aromatic heterocycles. The molecule has 2 N–H and O–H groups in total. The molecular weight excluding hydrogens is 254 g/mol. The summed E-state index contributed by atoms with van der Waals surface area (Å²) in [6.45, 7) is -1.76. The second kappa shape index (κ2) is 4.65. The molecule has 0 saturated heterocycles. The highest BCUT2D eigenvalue weighted by Gasteiger charge is 2.17. The van der Waals surface area contributed by atoms with E-state index in [-0.39, 0.29) is 21.8 Å². The number of nitrogens with two attached hydrogens (primary N) is 1. The standard InChI is InChI=1S/C9H8F2N2O3S/c1-5-2-7(17(13,14)15)3-6(4-12)8(5)16-9(10)11/h2-3,9H,1H3,(H2,13,14,15). The quantitative estimate of drug-likeness (QED) is 0.883. The van der Waals surface area contributed by atoms with Crippen LogP contribution in [0.3, 0.4) is 0 Å². The average Bonchev–Trinajstić information content (AvgIpc) is 2.18. The van der Waals surface area contributed by atoms with Crippen LogP contribution in [0.2, 0.25) is 0 Å². The van der Waals surface area contributed by atoms with Crippen LogP contribution in [0.5, 0.6) is 5.75 Å². The van der Waals surface area contributed by atoms with Gasteiger partial charge in [-0.3, -0.25) is 0 Å². The zero-order valence-corrected chi connectivity index (χ0v) is 9.46. The Morgan fingerprint density at radius 3 is 2.47 bits per heavy atom. The third-order valence-electron chi connectivity index (χ3n) is 1.90. The molecule has 0 atom stereocenters. The molecule has 0 heterocycles. The lowest BCUT2D eigenvalue weighted by Crippen LogP contribution is -2.13. The third-order valence-corrected chi connectivity index (χ3v) is 2.80. The Bertz CT molecular complexity index is 579. The number of rotatable bonds is 3. The number of halogens is 2. The Balaban J connectivity index is 3.43. The van der Waals surface area contributed by atoms with Crippen molar-refractivity contribution < 1.29 is 21.9 Å². The zero-order valence-electron chi connectivity index (χ0n) is 8.65. The first-order valence-corrected chi connectivity index (χ1v) is 5.82. The van der Waals surface area contributed by atoms with Crippen molar-refractivity contribution in [2.45, 2.75) is 18.4 Å². The van der Waals surface area contributed by atoms with Crippen molar-refractivity contribution in [1.82, 2.24) is 0 Å². The highest BCUT2D eigenvalue weighted by Crippen LogP contribution is 2.27. The summed E-state index contributed by atoms with van der Waals surface area (Å²) in [5.41, 5.74) is -0.220. The molecule has 8 heteroatoms. The Hall–Kier alpha value is -1.72. The second-order valence-electron chi connectivity index (χ2n) is 3.15. The second-order valence-corrected chi connectivity index (χ2v) is 4.71. The Morgan fingerprint density at radius 2 is 2.06 bits per heavy atom. The average molecular weight is 262 g/mol. The molecule has 0 fully saturated rings. The molecule has 0 aliphatic carbocycles. The Labute approximate surface area is 96.5 Å². The van der Waals surface area contributed by atoms with Crippen LogP contribution in [-0.4, -0.2) is 15.0 Å². The van der Waals surface area contributed by atoms with Crippen molar-refractivity contribution in [3.63, 3.8) is 0 Å². The van der Waals surface area contributed by atoms with Crippen molar-refractivity contribution in [3.05, 3.63) is 23.3 Å². The van der Waals surface area contributed by atoms with Gasteiger partial charge in [-0.15, -0.1) is 0 Å². The fourth-order valence-electron chi connectivity index (χ4n) is 1.23. The maximum atomic E-state index is 12.1. The lowest BCUT2D eigenvalue weighted by atomic mass is 10.1. The fourth-order valence-corrected chi connectivity index (χ4v) is 1.86. The molecule has 92 valence electrons. The minimum Gasteiger partial charge on any atom is -0.433 e. The highest BCUT2D eigenvalue weighted by atomic mass is 32.2. The fraction of sp³-hybridized carbons (Fsp3) is 0.222. The first-order chi connectivity index (χ1) is 7.75. The molecule has 0 unspecified atom stereocenters. The lowest BCUT2D eigenvalue weighted by molar-refractivity contribution is -0.0505. The number of sulfonamides is 1. The molecule has 0 aliphatic heterocycles. The maximum absolute atomic E-state index is 12.1. The van der Waals surface area contributed by atoms with Crippen LogP contribution in [0.1, 0.15) is 11.1 Å². The number of aryl methyl sites for hydroxylation is 1. The summed E-state index contributed by atoms with van der Waals surface area (Å²) in [7, 11) is -4.00. The summed E-state index contributed by atoms with van der Waals surface area (Å²) in [4.78, 5) is -0.326. The van der Waals surface area contributed by atoms with Crippen LogP contribution in [0.25, 0.3) is 0 Å². The van der Waals surface area contributed by atoms with E-state index in [9.17, 15) is 17.2 Å². The third kappa shape index (κ3) is 3.12. The SMILES string of the molecule is Cc1cc(S(N)(=O)=O)cc(C#N)c1OC(F)F. The van der Waals surface area contributed by atoms with E-state index >= 15 is 0 Å². The number of nitrogens with zero attached hydrogens (tertiary/aromatic N) is 1. The lowest BCUT2D eigenvalue weighted by Gasteiger charge is -2.10. The van der Waals surface area contributed by atoms with Gasteiger partial charge in [0, 0.05) is 0 Å². The molecule has 5 nitrogen and oxygen atoms in total. The van der Waals surface area contributed by atoms with Crippen molar-refractivity contribution in [2.24, 2.45) is 5.14 Å². The van der Waals surface area contributed by atoms with Gasteiger partial charge in [-0.2, -0.15) is 14.0 Å². The maximum Gasteiger partial charge on any atom is 0.387 e. The van der Waals surface area contributed by atoms with E-state index in [1.54, 1.807) is 6.07 Å². The first kappa shape index (κ1) is 13.3. The van der Waals surface area contributed by atoms with Gasteiger partial charge in [-0.25, -0.2) is 13.6 Å². The van der Waals surface area contributed by atoms with Crippen LogP contribution in [-0.2, 0) is 10.0 Å². The van der Waals surface area contributed by atoms with Gasteiger partial charge < -0.3 is 4.74 Å². The summed E-state index contributed by atoms with van der Waals surface area (Å²) >= 11 is 0. The molecule has 17 heavy (non-hydrogen) atoms. The van der Waals surface area contributed by atoms with E-state index in [1.807, 2.05) is 0 Å². The van der Waals surface area contributed by atoms with Crippen molar-refractivity contribution in [1.29, 1.82) is 5.26 Å². The van der Waals surface area contributed by atoms with Crippen LogP contribution in [0.15, 0.2) is 17.0 Å². The number of benzene rings is 1. The summed E-state index contributed by atoms with van der Waals surface area (Å²) in [5.74, 6) is -0.352. The number of primary sulfonamides is 1. The Kier molecular flexibility index (Phi) is 3.65. The van der Waals surface area contributed by atoms with Gasteiger partial charge in [-0.1, -0.05) is 0 Å². The first-order valence-electron chi connectivity index (χ1n) is 4.28. The van der Waals surface area contributed by atoms with E-state index in [0.29, 0.717) is 0 Å². The van der Waals surface area contributed by atoms with E-state index in [0.717, 1.165) is 12.1 Å². The van der Waals surface area contributed by atoms with Gasteiger partial charge in [0.1, 0.15) is 11.8 Å². The number of ether oxygens (including phenoxy) is 1. The minimum atomic E-state index is -4.00. The normalized spacial score (nSPS) is 11.3. The molecular formula is C9H8F2N2O3S. The topological polar surface area (TPSA) is 93.2 Å². The molecule has 0 amide bonds. The molecule has 0 spiro atoms. The predicted molar refractivity (Wildman–Crippen MR) is 53.9 cm³/mol. The molecule has 1 aromatic carbocycles. The van der Waals surface area contributed by atoms with Crippen LogP contribution in [0.4, 0.5) is 8.78 Å². The summed E-state index contributed by atoms with van der Waals surface area (Å²) in [5, 5.41) is 13.6. The summed E-state index contributed by atoms with van der Waals surface area (Å²) in [6, 6.07) is 3.53. The molecule has 1 rings (SSSR count). The highest BCUT2D eigenvalue weighted by molar-refractivity contribution is 7.89. The number of hydrogen-bond acceptors (Lipinski definition) is 4. The van der Waals surface area contributed by atoms with Gasteiger partial charge in [0.05, 0.1) is 10.5 Å². The minimum absolute atomic E-state index is 0.0911. The predicted octanol–water partition coefficient (Wildman–Crippen LogP) is 1.12. The monoisotopic (exact) mass is 262 g/mol. The largest absolute Gasteiger partial charge is 0.433 e. The van der Waals surface area contributed by atoms with Crippen molar-refractivity contribution in [2.75, 3.05) is 0 Å². The van der Waals surface area contributed by atoms with Gasteiger partial charge in [0.15, 0.2) is 0 Å². The van der Waals surface area contributed by atoms with Crippen LogP contribution < -0.4 is 9.88 Å². The van der Waals surface area contributed by atoms with E-state index in [1.165, 1.54) is 6.92 Å². The molecule has 0 aliphatic rings. The van der Waals surface area contributed by atoms with E-state index in [4.69, 9.17) is 10.4 Å². The number of alkyl halides is 2. The van der Waals surface area contributed by atoms with Gasteiger partial charge in [0.25, 0.3) is 0 Å². The smallest absolute Gasteiger partial charge is 0.387 e. The zero-order chi connectivity index (χ0) is 13.2.